The maximum absolute atomic E-state index is 6.46. The van der Waals surface area contributed by atoms with E-state index in [-0.39, 0.29) is 20.1 Å². The van der Waals surface area contributed by atoms with E-state index in [0.717, 1.165) is 46.3 Å². The largest absolute Gasteiger partial charge is 0.501 e. The van der Waals surface area contributed by atoms with Gasteiger partial charge in [0.2, 0.25) is 0 Å². The number of benzene rings is 4. The van der Waals surface area contributed by atoms with Crippen LogP contribution in [-0.4, -0.2) is 18.0 Å². The minimum absolute atomic E-state index is 0. The van der Waals surface area contributed by atoms with Crippen LogP contribution in [0.15, 0.2) is 89.6 Å². The van der Waals surface area contributed by atoms with Crippen molar-refractivity contribution in [3.05, 3.63) is 136 Å². The van der Waals surface area contributed by atoms with Crippen molar-refractivity contribution in [1.29, 1.82) is 0 Å². The minimum atomic E-state index is -1.37. The van der Waals surface area contributed by atoms with Gasteiger partial charge in [-0.3, -0.25) is 0 Å². The van der Waals surface area contributed by atoms with E-state index in [0.29, 0.717) is 5.92 Å². The fraction of sp³-hybridized carbons (Fsp3) is 0.346. The summed E-state index contributed by atoms with van der Waals surface area (Å²) in [6.45, 7) is 11.8. The third-order valence-corrected chi connectivity index (χ3v) is 14.6. The van der Waals surface area contributed by atoms with Gasteiger partial charge in [-0.25, -0.2) is 0 Å². The number of hydrogen-bond acceptors (Lipinski definition) is 3. The quantitative estimate of drug-likeness (QED) is 0.127. The van der Waals surface area contributed by atoms with E-state index in [4.69, 9.17) is 14.4 Å². The number of aromatic nitrogens is 2. The Kier molecular flexibility index (Phi) is 11.6. The molecule has 5 heteroatoms. The molecule has 1 radical (unpaired) electrons. The maximum atomic E-state index is 6.46. The van der Waals surface area contributed by atoms with E-state index in [2.05, 4.69) is 119 Å². The van der Waals surface area contributed by atoms with Crippen molar-refractivity contribution in [1.82, 2.24) is 9.97 Å². The Bertz CT molecular complexity index is 2580. The van der Waals surface area contributed by atoms with Gasteiger partial charge in [0.05, 0.1) is 13.7 Å². The fourth-order valence-electron chi connectivity index (χ4n) is 9.67. The standard InChI is InChI=1S/C31H26NO.C21H28NSi.Ir/c1-3-10-23-20(7-1)9-5-12-24(23)22-15-16-29-28(19-22)26-13-6-14-27(31(26)33-29)30-25-11-4-2-8-21(25)17-18-32-30;1-15(2)19-13-20(22-14-21(19)23(3,4)5)18-12-8-10-16-9-6-7-11-17(16)18;/h5-6,9,12-13,15-19H,1-4,7-8,10-11H2;8,10,13-15H,6-7,9,11H2,1-5H3;/q2*-1;. The summed E-state index contributed by atoms with van der Waals surface area (Å²) < 4.78 is 6.46. The molecule has 0 aliphatic heterocycles. The molecule has 0 atom stereocenters. The molecular formula is C52H54IrN2OSi-2. The van der Waals surface area contributed by atoms with Crippen molar-refractivity contribution >= 4 is 35.2 Å². The number of aryl methyl sites for hydroxylation is 3. The number of fused-ring (bicyclic) bond motifs is 6. The summed E-state index contributed by atoms with van der Waals surface area (Å²) in [5.74, 6) is 0.540. The number of furan rings is 1. The molecule has 0 saturated heterocycles. The molecule has 0 unspecified atom stereocenters. The van der Waals surface area contributed by atoms with Gasteiger partial charge >= 0.3 is 0 Å². The summed E-state index contributed by atoms with van der Waals surface area (Å²) in [5, 5.41) is 3.83. The third-order valence-electron chi connectivity index (χ3n) is 12.6. The smallest absolute Gasteiger partial charge is 0.120 e. The second-order valence-electron chi connectivity index (χ2n) is 17.7. The van der Waals surface area contributed by atoms with Gasteiger partial charge in [-0.15, -0.1) is 53.1 Å². The number of rotatable bonds is 5. The summed E-state index contributed by atoms with van der Waals surface area (Å²) in [4.78, 5) is 9.67. The Balaban J connectivity index is 0.000000168. The molecule has 0 bridgehead atoms. The van der Waals surface area contributed by atoms with E-state index in [1.807, 2.05) is 12.3 Å². The zero-order chi connectivity index (χ0) is 38.4. The minimum Gasteiger partial charge on any atom is -0.501 e. The number of hydrogen-bond donors (Lipinski definition) is 0. The Morgan fingerprint density at radius 2 is 1.32 bits per heavy atom. The predicted octanol–water partition coefficient (Wildman–Crippen LogP) is 13.0. The normalized spacial score (nSPS) is 15.0. The van der Waals surface area contributed by atoms with Crippen LogP contribution in [0.3, 0.4) is 0 Å². The van der Waals surface area contributed by atoms with Crippen molar-refractivity contribution in [3.8, 4) is 33.6 Å². The van der Waals surface area contributed by atoms with E-state index in [9.17, 15) is 0 Å². The maximum Gasteiger partial charge on any atom is 0.120 e. The molecule has 4 aromatic carbocycles. The predicted molar refractivity (Wildman–Crippen MR) is 237 cm³/mol. The zero-order valence-electron chi connectivity index (χ0n) is 34.3. The van der Waals surface area contributed by atoms with Crippen LogP contribution in [0.2, 0.25) is 19.6 Å². The van der Waals surface area contributed by atoms with Gasteiger partial charge in [-0.1, -0.05) is 111 Å². The van der Waals surface area contributed by atoms with Gasteiger partial charge in [-0.2, -0.15) is 0 Å². The Morgan fingerprint density at radius 1 is 0.649 bits per heavy atom. The van der Waals surface area contributed by atoms with Crippen LogP contribution >= 0.6 is 0 Å². The first-order valence-corrected chi connectivity index (χ1v) is 24.7. The average Bonchev–Trinajstić information content (AvgIpc) is 3.61. The molecule has 293 valence electrons. The van der Waals surface area contributed by atoms with Crippen molar-refractivity contribution in [3.63, 3.8) is 0 Å². The van der Waals surface area contributed by atoms with Gasteiger partial charge in [0, 0.05) is 37.9 Å². The molecule has 0 amide bonds. The van der Waals surface area contributed by atoms with Gasteiger partial charge in [-0.05, 0) is 121 Å². The molecule has 3 nitrogen and oxygen atoms in total. The van der Waals surface area contributed by atoms with Crippen molar-refractivity contribution in [2.75, 3.05) is 0 Å². The summed E-state index contributed by atoms with van der Waals surface area (Å²) in [7, 11) is -1.37. The Labute approximate surface area is 354 Å². The van der Waals surface area contributed by atoms with E-state index in [1.54, 1.807) is 0 Å². The Hall–Kier alpha value is -4.15. The molecule has 0 N–H and O–H groups in total. The third kappa shape index (κ3) is 7.76. The van der Waals surface area contributed by atoms with E-state index < -0.39 is 8.07 Å². The molecule has 0 saturated carbocycles. The molecule has 10 rings (SSSR count). The van der Waals surface area contributed by atoms with Crippen LogP contribution in [0.1, 0.15) is 97.2 Å². The summed E-state index contributed by atoms with van der Waals surface area (Å²) in [6, 6.07) is 33.5. The van der Waals surface area contributed by atoms with Crippen molar-refractivity contribution in [2.24, 2.45) is 0 Å². The second-order valence-corrected chi connectivity index (χ2v) is 22.7. The van der Waals surface area contributed by atoms with Crippen LogP contribution in [-0.2, 0) is 58.6 Å². The molecular weight excluding hydrogens is 889 g/mol. The summed E-state index contributed by atoms with van der Waals surface area (Å²) >= 11 is 0. The average molecular weight is 943 g/mol. The zero-order valence-corrected chi connectivity index (χ0v) is 37.7. The topological polar surface area (TPSA) is 38.9 Å². The summed E-state index contributed by atoms with van der Waals surface area (Å²) in [6.07, 6.45) is 18.8. The SMILES string of the molecule is CC(C)c1cc(-c2[c-]ccc3c2CCCC3)ncc1[Si](C)(C)C.[Ir].[c-]1ccc2c(oc3ccc(-c4cccc5c4CCCC5)cc32)c1-c1nccc2c1CCCC2. The Morgan fingerprint density at radius 3 is 2.07 bits per heavy atom. The molecule has 3 aromatic heterocycles. The summed E-state index contributed by atoms with van der Waals surface area (Å²) in [5.41, 5.74) is 19.3. The fourth-order valence-corrected chi connectivity index (χ4v) is 11.3. The molecule has 3 aliphatic carbocycles. The first kappa shape index (κ1) is 39.7. The van der Waals surface area contributed by atoms with Gasteiger partial charge in [0.15, 0.2) is 0 Å². The van der Waals surface area contributed by atoms with Crippen LogP contribution in [0.25, 0.3) is 55.6 Å². The first-order chi connectivity index (χ1) is 27.2. The molecule has 3 heterocycles. The first-order valence-electron chi connectivity index (χ1n) is 21.2. The number of pyridine rings is 2. The molecule has 57 heavy (non-hydrogen) atoms. The van der Waals surface area contributed by atoms with E-state index in [1.165, 1.54) is 130 Å². The molecule has 7 aromatic rings. The van der Waals surface area contributed by atoms with Crippen molar-refractivity contribution in [2.45, 2.75) is 116 Å². The van der Waals surface area contributed by atoms with Gasteiger partial charge < -0.3 is 14.4 Å². The van der Waals surface area contributed by atoms with Crippen LogP contribution in [0, 0.1) is 12.1 Å². The van der Waals surface area contributed by atoms with Crippen LogP contribution in [0.5, 0.6) is 0 Å². The van der Waals surface area contributed by atoms with Crippen LogP contribution in [0.4, 0.5) is 0 Å². The second kappa shape index (κ2) is 16.6. The molecule has 0 spiro atoms. The van der Waals surface area contributed by atoms with Gasteiger partial charge in [0.25, 0.3) is 0 Å². The van der Waals surface area contributed by atoms with E-state index >= 15 is 0 Å². The molecule has 0 fully saturated rings. The van der Waals surface area contributed by atoms with Crippen LogP contribution < -0.4 is 5.19 Å². The molecule has 3 aliphatic rings. The van der Waals surface area contributed by atoms with Gasteiger partial charge in [0.1, 0.15) is 5.58 Å². The van der Waals surface area contributed by atoms with Crippen molar-refractivity contribution < 1.29 is 24.5 Å². The monoisotopic (exact) mass is 943 g/mol. The number of nitrogens with zero attached hydrogens (tertiary/aromatic N) is 2.